The molecular weight excluding hydrogens is 354 g/mol. The van der Waals surface area contributed by atoms with E-state index in [0.717, 1.165) is 11.1 Å². The second kappa shape index (κ2) is 9.15. The zero-order valence-electron chi connectivity index (χ0n) is 15.2. The van der Waals surface area contributed by atoms with Crippen LogP contribution < -0.4 is 19.5 Å². The molecule has 6 heteroatoms. The maximum atomic E-state index is 12.2. The second-order valence-corrected chi connectivity index (χ2v) is 6.01. The van der Waals surface area contributed by atoms with E-state index in [9.17, 15) is 4.79 Å². The predicted molar refractivity (Wildman–Crippen MR) is 103 cm³/mol. The smallest absolute Gasteiger partial charge is 0.244 e. The molecule has 0 saturated carbocycles. The van der Waals surface area contributed by atoms with Gasteiger partial charge in [0.2, 0.25) is 11.7 Å². The number of carbonyl (C=O) groups is 1. The highest BCUT2D eigenvalue weighted by Gasteiger charge is 2.17. The summed E-state index contributed by atoms with van der Waals surface area (Å²) >= 11 is 5.94. The molecular formula is C20H22ClNO4. The zero-order chi connectivity index (χ0) is 19.1. The SMILES string of the molecule is COc1cc(C(C)NC(=O)/C=C/c2cccc(Cl)c2)cc(OC)c1OC. The molecule has 0 aliphatic carbocycles. The first kappa shape index (κ1) is 19.7. The fourth-order valence-electron chi connectivity index (χ4n) is 2.48. The maximum absolute atomic E-state index is 12.2. The number of halogens is 1. The van der Waals surface area contributed by atoms with Crippen LogP contribution in [-0.2, 0) is 4.79 Å². The molecule has 2 aromatic carbocycles. The number of ether oxygens (including phenoxy) is 3. The molecule has 26 heavy (non-hydrogen) atoms. The van der Waals surface area contributed by atoms with Crippen molar-refractivity contribution < 1.29 is 19.0 Å². The summed E-state index contributed by atoms with van der Waals surface area (Å²) in [6.07, 6.45) is 3.18. The number of nitrogens with one attached hydrogen (secondary N) is 1. The van der Waals surface area contributed by atoms with E-state index in [1.165, 1.54) is 6.08 Å². The van der Waals surface area contributed by atoms with Crippen molar-refractivity contribution in [2.45, 2.75) is 13.0 Å². The van der Waals surface area contributed by atoms with Gasteiger partial charge in [0, 0.05) is 11.1 Å². The highest BCUT2D eigenvalue weighted by molar-refractivity contribution is 6.30. The Morgan fingerprint density at radius 3 is 2.27 bits per heavy atom. The Hall–Kier alpha value is -2.66. The molecule has 0 spiro atoms. The lowest BCUT2D eigenvalue weighted by Gasteiger charge is -2.18. The van der Waals surface area contributed by atoms with Crippen molar-refractivity contribution in [3.8, 4) is 17.2 Å². The molecule has 0 fully saturated rings. The Balaban J connectivity index is 2.13. The summed E-state index contributed by atoms with van der Waals surface area (Å²) in [5.74, 6) is 1.37. The molecule has 0 aromatic heterocycles. The summed E-state index contributed by atoms with van der Waals surface area (Å²) < 4.78 is 16.0. The van der Waals surface area contributed by atoms with Gasteiger partial charge in [0.25, 0.3) is 0 Å². The van der Waals surface area contributed by atoms with Gasteiger partial charge in [-0.1, -0.05) is 23.7 Å². The van der Waals surface area contributed by atoms with Crippen molar-refractivity contribution in [3.05, 3.63) is 58.6 Å². The van der Waals surface area contributed by atoms with Crippen LogP contribution in [0.2, 0.25) is 5.02 Å². The third-order valence-electron chi connectivity index (χ3n) is 3.82. The molecule has 0 aliphatic heterocycles. The van der Waals surface area contributed by atoms with Crippen LogP contribution in [0.4, 0.5) is 0 Å². The van der Waals surface area contributed by atoms with Gasteiger partial charge in [0.05, 0.1) is 27.4 Å². The maximum Gasteiger partial charge on any atom is 0.244 e. The van der Waals surface area contributed by atoms with Gasteiger partial charge in [-0.3, -0.25) is 4.79 Å². The molecule has 2 aromatic rings. The first-order valence-corrected chi connectivity index (χ1v) is 8.40. The third kappa shape index (κ3) is 4.92. The third-order valence-corrected chi connectivity index (χ3v) is 4.06. The molecule has 1 N–H and O–H groups in total. The first-order chi connectivity index (χ1) is 12.5. The van der Waals surface area contributed by atoms with Gasteiger partial charge in [0.15, 0.2) is 11.5 Å². The predicted octanol–water partition coefficient (Wildman–Crippen LogP) is 4.26. The number of rotatable bonds is 7. The van der Waals surface area contributed by atoms with E-state index in [2.05, 4.69) is 5.32 Å². The largest absolute Gasteiger partial charge is 0.493 e. The molecule has 1 atom stereocenters. The van der Waals surface area contributed by atoms with E-state index < -0.39 is 0 Å². The quantitative estimate of drug-likeness (QED) is 0.735. The minimum atomic E-state index is -0.250. The van der Waals surface area contributed by atoms with E-state index >= 15 is 0 Å². The summed E-state index contributed by atoms with van der Waals surface area (Å²) in [6.45, 7) is 1.88. The molecule has 0 bridgehead atoms. The minimum Gasteiger partial charge on any atom is -0.493 e. The van der Waals surface area contributed by atoms with Gasteiger partial charge >= 0.3 is 0 Å². The van der Waals surface area contributed by atoms with Crippen LogP contribution in [-0.4, -0.2) is 27.2 Å². The van der Waals surface area contributed by atoms with Crippen LogP contribution in [0.15, 0.2) is 42.5 Å². The standard InChI is InChI=1S/C20H22ClNO4/c1-13(15-11-17(24-2)20(26-4)18(12-15)25-3)22-19(23)9-8-14-6-5-7-16(21)10-14/h5-13H,1-4H3,(H,22,23)/b9-8+. The number of hydrogen-bond donors (Lipinski definition) is 1. The molecule has 0 saturated heterocycles. The van der Waals surface area contributed by atoms with E-state index in [1.807, 2.05) is 31.2 Å². The van der Waals surface area contributed by atoms with E-state index in [0.29, 0.717) is 22.3 Å². The molecule has 0 radical (unpaired) electrons. The van der Waals surface area contributed by atoms with Gasteiger partial charge < -0.3 is 19.5 Å². The molecule has 1 unspecified atom stereocenters. The molecule has 1 amide bonds. The van der Waals surface area contributed by atoms with Crippen molar-refractivity contribution in [2.24, 2.45) is 0 Å². The summed E-state index contributed by atoms with van der Waals surface area (Å²) in [7, 11) is 4.65. The minimum absolute atomic E-state index is 0.216. The lowest BCUT2D eigenvalue weighted by atomic mass is 10.1. The van der Waals surface area contributed by atoms with Crippen LogP contribution in [0.5, 0.6) is 17.2 Å². The Bertz CT molecular complexity index is 779. The lowest BCUT2D eigenvalue weighted by Crippen LogP contribution is -2.24. The van der Waals surface area contributed by atoms with Crippen molar-refractivity contribution in [2.75, 3.05) is 21.3 Å². The van der Waals surface area contributed by atoms with Gasteiger partial charge in [0.1, 0.15) is 0 Å². The number of amides is 1. The molecule has 0 aliphatic rings. The second-order valence-electron chi connectivity index (χ2n) is 5.58. The Labute approximate surface area is 158 Å². The molecule has 138 valence electrons. The summed E-state index contributed by atoms with van der Waals surface area (Å²) in [5, 5.41) is 3.53. The molecule has 5 nitrogen and oxygen atoms in total. The van der Waals surface area contributed by atoms with Crippen LogP contribution >= 0.6 is 11.6 Å². The Kier molecular flexibility index (Phi) is 6.92. The average molecular weight is 376 g/mol. The summed E-state index contributed by atoms with van der Waals surface area (Å²) in [6, 6.07) is 10.6. The first-order valence-electron chi connectivity index (χ1n) is 8.02. The van der Waals surface area contributed by atoms with Crippen LogP contribution in [0.1, 0.15) is 24.1 Å². The fraction of sp³-hybridized carbons (Fsp3) is 0.250. The van der Waals surface area contributed by atoms with Crippen molar-refractivity contribution in [1.29, 1.82) is 0 Å². The van der Waals surface area contributed by atoms with Crippen molar-refractivity contribution >= 4 is 23.6 Å². The van der Waals surface area contributed by atoms with Gasteiger partial charge in [-0.15, -0.1) is 0 Å². The lowest BCUT2D eigenvalue weighted by molar-refractivity contribution is -0.117. The topological polar surface area (TPSA) is 56.8 Å². The average Bonchev–Trinajstić information content (AvgIpc) is 2.65. The Morgan fingerprint density at radius 2 is 1.73 bits per heavy atom. The normalized spacial score (nSPS) is 11.9. The van der Waals surface area contributed by atoms with E-state index in [4.69, 9.17) is 25.8 Å². The van der Waals surface area contributed by atoms with Crippen LogP contribution in [0.25, 0.3) is 6.08 Å². The van der Waals surface area contributed by atoms with Gasteiger partial charge in [-0.25, -0.2) is 0 Å². The summed E-state index contributed by atoms with van der Waals surface area (Å²) in [5.41, 5.74) is 1.69. The Morgan fingerprint density at radius 1 is 1.08 bits per heavy atom. The van der Waals surface area contributed by atoms with Crippen molar-refractivity contribution in [1.82, 2.24) is 5.32 Å². The monoisotopic (exact) mass is 375 g/mol. The number of methoxy groups -OCH3 is 3. The van der Waals surface area contributed by atoms with E-state index in [1.54, 1.807) is 39.5 Å². The van der Waals surface area contributed by atoms with Crippen LogP contribution in [0.3, 0.4) is 0 Å². The fourth-order valence-corrected chi connectivity index (χ4v) is 2.68. The molecule has 2 rings (SSSR count). The van der Waals surface area contributed by atoms with Crippen molar-refractivity contribution in [3.63, 3.8) is 0 Å². The summed E-state index contributed by atoms with van der Waals surface area (Å²) in [4.78, 5) is 12.2. The highest BCUT2D eigenvalue weighted by Crippen LogP contribution is 2.39. The van der Waals surface area contributed by atoms with Crippen LogP contribution in [0, 0.1) is 0 Å². The molecule has 0 heterocycles. The highest BCUT2D eigenvalue weighted by atomic mass is 35.5. The zero-order valence-corrected chi connectivity index (χ0v) is 16.0. The van der Waals surface area contributed by atoms with E-state index in [-0.39, 0.29) is 11.9 Å². The van der Waals surface area contributed by atoms with Gasteiger partial charge in [-0.05, 0) is 48.4 Å². The van der Waals surface area contributed by atoms with Gasteiger partial charge in [-0.2, -0.15) is 0 Å². The number of carbonyl (C=O) groups excluding carboxylic acids is 1. The number of hydrogen-bond acceptors (Lipinski definition) is 4. The number of benzene rings is 2.